The molecule has 0 bridgehead atoms. The summed E-state index contributed by atoms with van der Waals surface area (Å²) in [5.41, 5.74) is 0.0670. The van der Waals surface area contributed by atoms with E-state index in [9.17, 15) is 8.78 Å². The predicted molar refractivity (Wildman–Crippen MR) is 68.7 cm³/mol. The quantitative estimate of drug-likeness (QED) is 0.544. The molecule has 96 valence electrons. The van der Waals surface area contributed by atoms with E-state index < -0.39 is 5.92 Å². The lowest BCUT2D eigenvalue weighted by Gasteiger charge is -2.16. The van der Waals surface area contributed by atoms with Gasteiger partial charge in [-0.15, -0.1) is 0 Å². The Bertz CT molecular complexity index is 319. The van der Waals surface area contributed by atoms with Crippen molar-refractivity contribution in [2.45, 2.75) is 51.4 Å². The molecule has 0 aliphatic rings. The molecular formula is C14H19ClF2. The van der Waals surface area contributed by atoms with Crippen molar-refractivity contribution in [1.82, 2.24) is 0 Å². The molecule has 0 saturated carbocycles. The SMILES string of the molecule is CCCCCCCC(F)(F)c1ccc(Cl)cc1. The van der Waals surface area contributed by atoms with E-state index in [0.717, 1.165) is 25.7 Å². The van der Waals surface area contributed by atoms with E-state index in [1.165, 1.54) is 24.3 Å². The smallest absolute Gasteiger partial charge is 0.201 e. The van der Waals surface area contributed by atoms with Crippen LogP contribution in [0.2, 0.25) is 5.02 Å². The number of rotatable bonds is 7. The maximum absolute atomic E-state index is 13.8. The molecule has 0 aliphatic carbocycles. The largest absolute Gasteiger partial charge is 0.273 e. The first-order valence-electron chi connectivity index (χ1n) is 6.20. The molecule has 0 fully saturated rings. The van der Waals surface area contributed by atoms with Crippen molar-refractivity contribution in [3.8, 4) is 0 Å². The van der Waals surface area contributed by atoms with Crippen LogP contribution in [-0.4, -0.2) is 0 Å². The summed E-state index contributed by atoms with van der Waals surface area (Å²) in [5, 5.41) is 0.493. The summed E-state index contributed by atoms with van der Waals surface area (Å²) in [6.07, 6.45) is 4.71. The minimum Gasteiger partial charge on any atom is -0.201 e. The van der Waals surface area contributed by atoms with Crippen LogP contribution in [0.15, 0.2) is 24.3 Å². The second-order valence-corrected chi connectivity index (χ2v) is 4.81. The normalized spacial score (nSPS) is 11.8. The summed E-state index contributed by atoms with van der Waals surface area (Å²) in [6.45, 7) is 2.11. The molecule has 1 aromatic carbocycles. The summed E-state index contributed by atoms with van der Waals surface area (Å²) in [7, 11) is 0. The first kappa shape index (κ1) is 14.4. The zero-order chi connectivity index (χ0) is 12.7. The van der Waals surface area contributed by atoms with E-state index in [1.54, 1.807) is 0 Å². The van der Waals surface area contributed by atoms with Gasteiger partial charge in [-0.1, -0.05) is 56.3 Å². The third-order valence-electron chi connectivity index (χ3n) is 2.86. The zero-order valence-electron chi connectivity index (χ0n) is 10.2. The van der Waals surface area contributed by atoms with Gasteiger partial charge in [0, 0.05) is 17.0 Å². The molecule has 0 heterocycles. The van der Waals surface area contributed by atoms with E-state index in [-0.39, 0.29) is 12.0 Å². The van der Waals surface area contributed by atoms with Crippen LogP contribution in [0, 0.1) is 0 Å². The van der Waals surface area contributed by atoms with Gasteiger partial charge in [0.05, 0.1) is 0 Å². The van der Waals surface area contributed by atoms with Gasteiger partial charge in [-0.3, -0.25) is 0 Å². The average Bonchev–Trinajstić information content (AvgIpc) is 2.29. The Morgan fingerprint density at radius 2 is 1.59 bits per heavy atom. The molecule has 0 aliphatic heterocycles. The van der Waals surface area contributed by atoms with Gasteiger partial charge in [-0.2, -0.15) is 0 Å². The molecule has 0 saturated heterocycles. The van der Waals surface area contributed by atoms with Gasteiger partial charge in [-0.25, -0.2) is 8.78 Å². The predicted octanol–water partition coefficient (Wildman–Crippen LogP) is 5.79. The molecule has 0 atom stereocenters. The molecule has 17 heavy (non-hydrogen) atoms. The fraction of sp³-hybridized carbons (Fsp3) is 0.571. The monoisotopic (exact) mass is 260 g/mol. The first-order chi connectivity index (χ1) is 8.06. The van der Waals surface area contributed by atoms with Crippen LogP contribution in [-0.2, 0) is 5.92 Å². The molecule has 1 aromatic rings. The van der Waals surface area contributed by atoms with E-state index >= 15 is 0 Å². The molecule has 1 rings (SSSR count). The van der Waals surface area contributed by atoms with Crippen LogP contribution in [0.5, 0.6) is 0 Å². The lowest BCUT2D eigenvalue weighted by atomic mass is 10.0. The highest BCUT2D eigenvalue weighted by Gasteiger charge is 2.30. The number of benzene rings is 1. The maximum Gasteiger partial charge on any atom is 0.273 e. The van der Waals surface area contributed by atoms with Crippen LogP contribution in [0.25, 0.3) is 0 Å². The van der Waals surface area contributed by atoms with Crippen LogP contribution in [0.4, 0.5) is 8.78 Å². The third kappa shape index (κ3) is 5.03. The highest BCUT2D eigenvalue weighted by Crippen LogP contribution is 2.34. The summed E-state index contributed by atoms with van der Waals surface area (Å²) in [5.74, 6) is -2.73. The topological polar surface area (TPSA) is 0 Å². The van der Waals surface area contributed by atoms with Gasteiger partial charge in [0.1, 0.15) is 0 Å². The van der Waals surface area contributed by atoms with Gasteiger partial charge in [0.15, 0.2) is 0 Å². The Balaban J connectivity index is 2.42. The van der Waals surface area contributed by atoms with Crippen LogP contribution < -0.4 is 0 Å². The highest BCUT2D eigenvalue weighted by atomic mass is 35.5. The Morgan fingerprint density at radius 1 is 1.00 bits per heavy atom. The molecular weight excluding hydrogens is 242 g/mol. The first-order valence-corrected chi connectivity index (χ1v) is 6.58. The van der Waals surface area contributed by atoms with Gasteiger partial charge in [-0.05, 0) is 18.6 Å². The summed E-state index contributed by atoms with van der Waals surface area (Å²) in [4.78, 5) is 0. The minimum atomic E-state index is -2.73. The lowest BCUT2D eigenvalue weighted by molar-refractivity contribution is -0.0158. The van der Waals surface area contributed by atoms with E-state index in [2.05, 4.69) is 6.92 Å². The van der Waals surface area contributed by atoms with Crippen molar-refractivity contribution >= 4 is 11.6 Å². The summed E-state index contributed by atoms with van der Waals surface area (Å²) >= 11 is 5.68. The number of halogens is 3. The van der Waals surface area contributed by atoms with Crippen LogP contribution >= 0.6 is 11.6 Å². The van der Waals surface area contributed by atoms with E-state index in [1.807, 2.05) is 0 Å². The number of hydrogen-bond acceptors (Lipinski definition) is 0. The fourth-order valence-electron chi connectivity index (χ4n) is 1.79. The number of unbranched alkanes of at least 4 members (excludes halogenated alkanes) is 4. The van der Waals surface area contributed by atoms with Crippen molar-refractivity contribution in [3.63, 3.8) is 0 Å². The molecule has 0 radical (unpaired) electrons. The Labute approximate surface area is 107 Å². The minimum absolute atomic E-state index is 0.0670. The standard InChI is InChI=1S/C14H19ClF2/c1-2-3-4-5-6-11-14(16,17)12-7-9-13(15)10-8-12/h7-10H,2-6,11H2,1H3. The van der Waals surface area contributed by atoms with Crippen molar-refractivity contribution in [3.05, 3.63) is 34.9 Å². The summed E-state index contributed by atoms with van der Waals surface area (Å²) < 4.78 is 27.5. The second kappa shape index (κ2) is 6.95. The molecule has 0 spiro atoms. The highest BCUT2D eigenvalue weighted by molar-refractivity contribution is 6.30. The molecule has 0 unspecified atom stereocenters. The Kier molecular flexibility index (Phi) is 5.90. The average molecular weight is 261 g/mol. The number of hydrogen-bond donors (Lipinski definition) is 0. The summed E-state index contributed by atoms with van der Waals surface area (Å²) in [6, 6.07) is 5.85. The van der Waals surface area contributed by atoms with Crippen molar-refractivity contribution in [2.75, 3.05) is 0 Å². The van der Waals surface area contributed by atoms with Gasteiger partial charge in [0.25, 0.3) is 5.92 Å². The molecule has 0 nitrogen and oxygen atoms in total. The zero-order valence-corrected chi connectivity index (χ0v) is 10.9. The fourth-order valence-corrected chi connectivity index (χ4v) is 1.91. The Hall–Kier alpha value is -0.630. The second-order valence-electron chi connectivity index (χ2n) is 4.38. The maximum atomic E-state index is 13.8. The lowest BCUT2D eigenvalue weighted by Crippen LogP contribution is -2.12. The van der Waals surface area contributed by atoms with Crippen molar-refractivity contribution in [2.24, 2.45) is 0 Å². The van der Waals surface area contributed by atoms with Gasteiger partial charge >= 0.3 is 0 Å². The van der Waals surface area contributed by atoms with Crippen LogP contribution in [0.3, 0.4) is 0 Å². The third-order valence-corrected chi connectivity index (χ3v) is 3.11. The van der Waals surface area contributed by atoms with Crippen LogP contribution in [0.1, 0.15) is 51.0 Å². The van der Waals surface area contributed by atoms with Gasteiger partial charge in [0.2, 0.25) is 0 Å². The van der Waals surface area contributed by atoms with E-state index in [4.69, 9.17) is 11.6 Å². The molecule has 0 aromatic heterocycles. The van der Waals surface area contributed by atoms with Crippen molar-refractivity contribution < 1.29 is 8.78 Å². The van der Waals surface area contributed by atoms with Crippen molar-refractivity contribution in [1.29, 1.82) is 0 Å². The number of alkyl halides is 2. The molecule has 0 N–H and O–H groups in total. The van der Waals surface area contributed by atoms with E-state index in [0.29, 0.717) is 11.4 Å². The molecule has 3 heteroatoms. The molecule has 0 amide bonds. The Morgan fingerprint density at radius 3 is 2.18 bits per heavy atom. The van der Waals surface area contributed by atoms with Gasteiger partial charge < -0.3 is 0 Å².